The fourth-order valence-electron chi connectivity index (χ4n) is 1.15. The van der Waals surface area contributed by atoms with Gasteiger partial charge in [-0.3, -0.25) is 4.79 Å². The zero-order chi connectivity index (χ0) is 15.5. The lowest BCUT2D eigenvalue weighted by Gasteiger charge is -2.29. The maximum atomic E-state index is 13.0. The number of carbonyl (C=O) groups is 1. The Bertz CT molecular complexity index is 311. The van der Waals surface area contributed by atoms with Crippen LogP contribution in [-0.4, -0.2) is 30.6 Å². The maximum Gasteiger partial charge on any atom is 0.459 e. The largest absolute Gasteiger partial charge is 0.465 e. The first-order valence-corrected chi connectivity index (χ1v) is 5.35. The van der Waals surface area contributed by atoms with E-state index < -0.39 is 36.3 Å². The molecule has 114 valence electrons. The molecule has 0 aromatic heterocycles. The molecule has 0 aliphatic carbocycles. The molecule has 0 bridgehead atoms. The molecule has 0 saturated heterocycles. The molecule has 0 aliphatic rings. The molecule has 0 fully saturated rings. The smallest absolute Gasteiger partial charge is 0.459 e. The highest BCUT2D eigenvalue weighted by molar-refractivity contribution is 5.72. The highest BCUT2D eigenvalue weighted by Gasteiger charge is 2.72. The summed E-state index contributed by atoms with van der Waals surface area (Å²) in [5, 5.41) is 0. The van der Waals surface area contributed by atoms with Crippen molar-refractivity contribution in [3.05, 3.63) is 0 Å². The Kier molecular flexibility index (Phi) is 5.64. The summed E-state index contributed by atoms with van der Waals surface area (Å²) in [6.45, 7) is 2.28. The van der Waals surface area contributed by atoms with Gasteiger partial charge in [-0.05, 0) is 6.42 Å². The number of alkyl halides is 7. The van der Waals surface area contributed by atoms with Crippen LogP contribution in [0.2, 0.25) is 0 Å². The highest BCUT2D eigenvalue weighted by atomic mass is 19.4. The van der Waals surface area contributed by atoms with Crippen molar-refractivity contribution in [3.63, 3.8) is 0 Å². The topological polar surface area (TPSA) is 26.3 Å². The summed E-state index contributed by atoms with van der Waals surface area (Å²) in [7, 11) is 0. The standard InChI is InChI=1S/C10H13F7O2/c1-3-4-19-7(18)6(2)5-8(11,12)9(13,14)10(15,16)17/h6H,3-5H2,1-2H3. The quantitative estimate of drug-likeness (QED) is 0.551. The van der Waals surface area contributed by atoms with E-state index in [0.717, 1.165) is 6.92 Å². The first kappa shape index (κ1) is 18.0. The van der Waals surface area contributed by atoms with Crippen LogP contribution in [0.25, 0.3) is 0 Å². The Labute approximate surface area is 104 Å². The van der Waals surface area contributed by atoms with Gasteiger partial charge in [-0.1, -0.05) is 13.8 Å². The van der Waals surface area contributed by atoms with Crippen LogP contribution in [0.5, 0.6) is 0 Å². The number of hydrogen-bond donors (Lipinski definition) is 0. The monoisotopic (exact) mass is 298 g/mol. The number of ether oxygens (including phenoxy) is 1. The van der Waals surface area contributed by atoms with Crippen LogP contribution in [-0.2, 0) is 9.53 Å². The molecule has 1 unspecified atom stereocenters. The molecule has 0 saturated carbocycles. The lowest BCUT2D eigenvalue weighted by atomic mass is 9.98. The van der Waals surface area contributed by atoms with E-state index in [1.165, 1.54) is 0 Å². The Morgan fingerprint density at radius 1 is 1.11 bits per heavy atom. The van der Waals surface area contributed by atoms with Crippen molar-refractivity contribution in [2.24, 2.45) is 5.92 Å². The predicted octanol–water partition coefficient (Wildman–Crippen LogP) is 3.80. The van der Waals surface area contributed by atoms with E-state index >= 15 is 0 Å². The summed E-state index contributed by atoms with van der Waals surface area (Å²) in [4.78, 5) is 11.1. The van der Waals surface area contributed by atoms with Crippen molar-refractivity contribution in [1.29, 1.82) is 0 Å². The van der Waals surface area contributed by atoms with Crippen molar-refractivity contribution in [2.75, 3.05) is 6.61 Å². The van der Waals surface area contributed by atoms with Gasteiger partial charge in [-0.2, -0.15) is 30.7 Å². The van der Waals surface area contributed by atoms with E-state index in [9.17, 15) is 35.5 Å². The van der Waals surface area contributed by atoms with E-state index in [0.29, 0.717) is 6.42 Å². The summed E-state index contributed by atoms with van der Waals surface area (Å²) in [6, 6.07) is 0. The molecule has 0 heterocycles. The molecular weight excluding hydrogens is 285 g/mol. The van der Waals surface area contributed by atoms with Gasteiger partial charge in [0, 0.05) is 6.42 Å². The van der Waals surface area contributed by atoms with Crippen LogP contribution >= 0.6 is 0 Å². The number of carbonyl (C=O) groups excluding carboxylic acids is 1. The van der Waals surface area contributed by atoms with Crippen LogP contribution in [0, 0.1) is 5.92 Å². The van der Waals surface area contributed by atoms with Gasteiger partial charge >= 0.3 is 24.0 Å². The van der Waals surface area contributed by atoms with Crippen molar-refractivity contribution < 1.29 is 40.3 Å². The lowest BCUT2D eigenvalue weighted by molar-refractivity contribution is -0.357. The molecule has 0 radical (unpaired) electrons. The third kappa shape index (κ3) is 4.24. The van der Waals surface area contributed by atoms with Gasteiger partial charge in [0.25, 0.3) is 0 Å². The van der Waals surface area contributed by atoms with Crippen molar-refractivity contribution in [1.82, 2.24) is 0 Å². The molecule has 0 spiro atoms. The van der Waals surface area contributed by atoms with Crippen molar-refractivity contribution in [2.45, 2.75) is 44.7 Å². The Morgan fingerprint density at radius 2 is 1.58 bits per heavy atom. The SMILES string of the molecule is CCCOC(=O)C(C)CC(F)(F)C(F)(F)C(F)(F)F. The lowest BCUT2D eigenvalue weighted by Crippen LogP contribution is -2.52. The minimum atomic E-state index is -6.39. The van der Waals surface area contributed by atoms with Gasteiger partial charge in [0.1, 0.15) is 0 Å². The predicted molar refractivity (Wildman–Crippen MR) is 51.0 cm³/mol. The first-order valence-electron chi connectivity index (χ1n) is 5.35. The Morgan fingerprint density at radius 3 is 1.95 bits per heavy atom. The van der Waals surface area contributed by atoms with Gasteiger partial charge < -0.3 is 4.74 Å². The molecule has 0 aromatic rings. The van der Waals surface area contributed by atoms with Crippen LogP contribution in [0.4, 0.5) is 30.7 Å². The summed E-state index contributed by atoms with van der Waals surface area (Å²) >= 11 is 0. The maximum absolute atomic E-state index is 13.0. The fraction of sp³-hybridized carbons (Fsp3) is 0.900. The molecule has 0 aliphatic heterocycles. The number of hydrogen-bond acceptors (Lipinski definition) is 2. The molecule has 0 aromatic carbocycles. The first-order chi connectivity index (χ1) is 8.37. The van der Waals surface area contributed by atoms with E-state index in [4.69, 9.17) is 0 Å². The van der Waals surface area contributed by atoms with Crippen LogP contribution in [0.15, 0.2) is 0 Å². The average molecular weight is 298 g/mol. The molecule has 0 rings (SSSR count). The minimum absolute atomic E-state index is 0.121. The Balaban J connectivity index is 4.82. The van der Waals surface area contributed by atoms with Crippen molar-refractivity contribution in [3.8, 4) is 0 Å². The highest BCUT2D eigenvalue weighted by Crippen LogP contribution is 2.49. The van der Waals surface area contributed by atoms with E-state index in [2.05, 4.69) is 4.74 Å². The fourth-order valence-corrected chi connectivity index (χ4v) is 1.15. The molecule has 19 heavy (non-hydrogen) atoms. The van der Waals surface area contributed by atoms with E-state index in [1.807, 2.05) is 0 Å². The van der Waals surface area contributed by atoms with Crippen LogP contribution < -0.4 is 0 Å². The third-order valence-electron chi connectivity index (χ3n) is 2.23. The van der Waals surface area contributed by atoms with Gasteiger partial charge in [0.2, 0.25) is 0 Å². The summed E-state index contributed by atoms with van der Waals surface area (Å²) in [5.41, 5.74) is 0. The number of halogens is 7. The summed E-state index contributed by atoms with van der Waals surface area (Å²) in [5.74, 6) is -14.6. The van der Waals surface area contributed by atoms with E-state index in [1.54, 1.807) is 6.92 Å². The average Bonchev–Trinajstić information content (AvgIpc) is 2.23. The zero-order valence-electron chi connectivity index (χ0n) is 10.2. The molecule has 0 N–H and O–H groups in total. The number of rotatable bonds is 6. The third-order valence-corrected chi connectivity index (χ3v) is 2.23. The Hall–Kier alpha value is -1.02. The second kappa shape index (κ2) is 5.96. The van der Waals surface area contributed by atoms with Gasteiger partial charge in [-0.15, -0.1) is 0 Å². The van der Waals surface area contributed by atoms with E-state index in [-0.39, 0.29) is 6.61 Å². The van der Waals surface area contributed by atoms with Crippen LogP contribution in [0.3, 0.4) is 0 Å². The second-order valence-electron chi connectivity index (χ2n) is 4.05. The second-order valence-corrected chi connectivity index (χ2v) is 4.05. The zero-order valence-corrected chi connectivity index (χ0v) is 10.2. The molecular formula is C10H13F7O2. The van der Waals surface area contributed by atoms with Crippen molar-refractivity contribution >= 4 is 5.97 Å². The summed E-state index contributed by atoms with van der Waals surface area (Å²) in [6.07, 6.45) is -7.96. The molecule has 1 atom stereocenters. The van der Waals surface area contributed by atoms with Gasteiger partial charge in [0.05, 0.1) is 12.5 Å². The molecule has 9 heteroatoms. The summed E-state index contributed by atoms with van der Waals surface area (Å²) < 4.78 is 90.9. The molecule has 0 amide bonds. The number of esters is 1. The normalized spacial score (nSPS) is 15.2. The van der Waals surface area contributed by atoms with Crippen LogP contribution in [0.1, 0.15) is 26.7 Å². The minimum Gasteiger partial charge on any atom is -0.465 e. The van der Waals surface area contributed by atoms with Gasteiger partial charge in [0.15, 0.2) is 0 Å². The van der Waals surface area contributed by atoms with Gasteiger partial charge in [-0.25, -0.2) is 0 Å². The molecule has 2 nitrogen and oxygen atoms in total.